The largest absolute Gasteiger partial charge is 0.493 e. The Labute approximate surface area is 120 Å². The van der Waals surface area contributed by atoms with Gasteiger partial charge in [0.1, 0.15) is 5.75 Å². The van der Waals surface area contributed by atoms with Gasteiger partial charge >= 0.3 is 0 Å². The fraction of sp³-hybridized carbons (Fsp3) is 0.588. The molecule has 1 fully saturated rings. The van der Waals surface area contributed by atoms with E-state index in [1.54, 1.807) is 0 Å². The number of fused-ring (bicyclic) bond motifs is 1. The second-order valence-electron chi connectivity index (χ2n) is 5.90. The minimum absolute atomic E-state index is 0.133. The van der Waals surface area contributed by atoms with Crippen LogP contribution < -0.4 is 4.74 Å². The quantitative estimate of drug-likeness (QED) is 0.773. The normalized spacial score (nSPS) is 19.6. The number of ketones is 1. The molecule has 1 aromatic rings. The fourth-order valence-corrected chi connectivity index (χ4v) is 3.25. The lowest BCUT2D eigenvalue weighted by Gasteiger charge is -2.21. The average molecular weight is 273 g/mol. The van der Waals surface area contributed by atoms with E-state index in [1.807, 2.05) is 18.2 Å². The van der Waals surface area contributed by atoms with Crippen molar-refractivity contribution in [2.75, 3.05) is 26.2 Å². The summed E-state index contributed by atoms with van der Waals surface area (Å²) in [6.45, 7) is 6.10. The van der Waals surface area contributed by atoms with Gasteiger partial charge in [-0.2, -0.15) is 0 Å². The Morgan fingerprint density at radius 1 is 1.35 bits per heavy atom. The Kier molecular flexibility index (Phi) is 4.06. The predicted octanol–water partition coefficient (Wildman–Crippen LogP) is 2.93. The number of hydrogen-bond acceptors (Lipinski definition) is 3. The highest BCUT2D eigenvalue weighted by atomic mass is 16.5. The Morgan fingerprint density at radius 3 is 2.90 bits per heavy atom. The Bertz CT molecular complexity index is 492. The maximum Gasteiger partial charge on any atom is 0.167 e. The number of benzene rings is 1. The van der Waals surface area contributed by atoms with Crippen LogP contribution in [0.4, 0.5) is 0 Å². The van der Waals surface area contributed by atoms with E-state index >= 15 is 0 Å². The smallest absolute Gasteiger partial charge is 0.167 e. The molecule has 0 bridgehead atoms. The van der Waals surface area contributed by atoms with E-state index in [0.29, 0.717) is 5.78 Å². The highest BCUT2D eigenvalue weighted by molar-refractivity contribution is 5.98. The third-order valence-electron chi connectivity index (χ3n) is 4.51. The van der Waals surface area contributed by atoms with E-state index < -0.39 is 0 Å². The number of rotatable bonds is 5. The molecule has 0 N–H and O–H groups in total. The van der Waals surface area contributed by atoms with Crippen molar-refractivity contribution in [3.63, 3.8) is 0 Å². The van der Waals surface area contributed by atoms with E-state index in [4.69, 9.17) is 4.74 Å². The lowest BCUT2D eigenvalue weighted by Crippen LogP contribution is -2.31. The molecule has 0 saturated carbocycles. The molecule has 1 aromatic carbocycles. The van der Waals surface area contributed by atoms with E-state index in [0.717, 1.165) is 50.4 Å². The molecule has 2 aliphatic heterocycles. The first kappa shape index (κ1) is 13.6. The summed E-state index contributed by atoms with van der Waals surface area (Å²) in [6.07, 6.45) is 4.41. The second kappa shape index (κ2) is 5.96. The Morgan fingerprint density at radius 2 is 2.15 bits per heavy atom. The number of ether oxygens (including phenoxy) is 1. The maximum absolute atomic E-state index is 12.7. The number of carbonyl (C=O) groups excluding carboxylic acids is 1. The molecule has 1 unspecified atom stereocenters. The van der Waals surface area contributed by atoms with Crippen LogP contribution in [0.5, 0.6) is 5.75 Å². The molecule has 0 amide bonds. The topological polar surface area (TPSA) is 29.5 Å². The zero-order valence-electron chi connectivity index (χ0n) is 12.2. The summed E-state index contributed by atoms with van der Waals surface area (Å²) in [5.41, 5.74) is 2.05. The van der Waals surface area contributed by atoms with Crippen molar-refractivity contribution in [2.24, 2.45) is 5.92 Å². The van der Waals surface area contributed by atoms with Crippen molar-refractivity contribution < 1.29 is 9.53 Å². The van der Waals surface area contributed by atoms with E-state index in [2.05, 4.69) is 11.8 Å². The molecule has 3 nitrogen and oxygen atoms in total. The first-order valence-electron chi connectivity index (χ1n) is 7.80. The predicted molar refractivity (Wildman–Crippen MR) is 79.4 cm³/mol. The third kappa shape index (κ3) is 2.73. The van der Waals surface area contributed by atoms with Crippen LogP contribution in [-0.2, 0) is 6.42 Å². The number of hydrogen-bond donors (Lipinski definition) is 0. The molecule has 0 aromatic heterocycles. The summed E-state index contributed by atoms with van der Waals surface area (Å²) in [7, 11) is 0. The first-order valence-corrected chi connectivity index (χ1v) is 7.80. The molecule has 0 radical (unpaired) electrons. The Hall–Kier alpha value is -1.35. The van der Waals surface area contributed by atoms with Gasteiger partial charge in [0.05, 0.1) is 6.61 Å². The summed E-state index contributed by atoms with van der Waals surface area (Å²) in [4.78, 5) is 15.1. The number of Topliss-reactive ketones (excluding diaryl/α,β-unsaturated/α-hetero) is 1. The summed E-state index contributed by atoms with van der Waals surface area (Å²) in [5, 5.41) is 0. The third-order valence-corrected chi connectivity index (χ3v) is 4.51. The van der Waals surface area contributed by atoms with Crippen LogP contribution in [-0.4, -0.2) is 36.9 Å². The molecule has 0 spiro atoms. The van der Waals surface area contributed by atoms with Gasteiger partial charge in [-0.1, -0.05) is 6.92 Å². The second-order valence-corrected chi connectivity index (χ2v) is 5.90. The van der Waals surface area contributed by atoms with Gasteiger partial charge in [-0.15, -0.1) is 0 Å². The highest BCUT2D eigenvalue weighted by Gasteiger charge is 2.24. The Balaban J connectivity index is 1.72. The molecule has 108 valence electrons. The van der Waals surface area contributed by atoms with Crippen molar-refractivity contribution in [2.45, 2.75) is 32.6 Å². The molecular formula is C17H23NO2. The minimum atomic E-state index is 0.133. The standard InChI is InChI=1S/C17H23NO2/c1-2-13(12-18-8-3-4-9-18)17(19)15-5-6-16-14(11-15)7-10-20-16/h5-6,11,13H,2-4,7-10,12H2,1H3. The molecule has 0 aliphatic carbocycles. The molecule has 20 heavy (non-hydrogen) atoms. The van der Waals surface area contributed by atoms with Crippen LogP contribution in [0.25, 0.3) is 0 Å². The van der Waals surface area contributed by atoms with Crippen molar-refractivity contribution in [1.29, 1.82) is 0 Å². The van der Waals surface area contributed by atoms with Crippen molar-refractivity contribution in [1.82, 2.24) is 4.90 Å². The van der Waals surface area contributed by atoms with Crippen LogP contribution in [0.1, 0.15) is 42.1 Å². The van der Waals surface area contributed by atoms with Crippen LogP contribution in [0.3, 0.4) is 0 Å². The summed E-state index contributed by atoms with van der Waals surface area (Å²) >= 11 is 0. The molecular weight excluding hydrogens is 250 g/mol. The highest BCUT2D eigenvalue weighted by Crippen LogP contribution is 2.27. The fourth-order valence-electron chi connectivity index (χ4n) is 3.25. The molecule has 2 heterocycles. The molecule has 1 saturated heterocycles. The molecule has 1 atom stereocenters. The van der Waals surface area contributed by atoms with Crippen molar-refractivity contribution in [3.05, 3.63) is 29.3 Å². The van der Waals surface area contributed by atoms with Crippen LogP contribution in [0.2, 0.25) is 0 Å². The van der Waals surface area contributed by atoms with E-state index in [-0.39, 0.29) is 5.92 Å². The average Bonchev–Trinajstić information content (AvgIpc) is 3.14. The van der Waals surface area contributed by atoms with Gasteiger partial charge in [-0.25, -0.2) is 0 Å². The molecule has 3 heteroatoms. The van der Waals surface area contributed by atoms with Gasteiger partial charge in [0, 0.05) is 24.4 Å². The van der Waals surface area contributed by atoms with Gasteiger partial charge in [0.15, 0.2) is 5.78 Å². The zero-order valence-corrected chi connectivity index (χ0v) is 12.2. The first-order chi connectivity index (χ1) is 9.78. The number of likely N-dealkylation sites (tertiary alicyclic amines) is 1. The lowest BCUT2D eigenvalue weighted by molar-refractivity contribution is 0.0885. The number of carbonyl (C=O) groups is 1. The summed E-state index contributed by atoms with van der Waals surface area (Å²) < 4.78 is 5.51. The monoisotopic (exact) mass is 273 g/mol. The molecule has 2 aliphatic rings. The van der Waals surface area contributed by atoms with Crippen molar-refractivity contribution in [3.8, 4) is 5.75 Å². The summed E-state index contributed by atoms with van der Waals surface area (Å²) in [5.74, 6) is 1.39. The van der Waals surface area contributed by atoms with Gasteiger partial charge < -0.3 is 9.64 Å². The molecule has 3 rings (SSSR count). The minimum Gasteiger partial charge on any atom is -0.493 e. The van der Waals surface area contributed by atoms with Gasteiger partial charge in [-0.3, -0.25) is 4.79 Å². The maximum atomic E-state index is 12.7. The zero-order chi connectivity index (χ0) is 13.9. The van der Waals surface area contributed by atoms with Gasteiger partial charge in [0.2, 0.25) is 0 Å². The summed E-state index contributed by atoms with van der Waals surface area (Å²) in [6, 6.07) is 5.93. The lowest BCUT2D eigenvalue weighted by atomic mass is 9.93. The number of nitrogens with zero attached hydrogens (tertiary/aromatic N) is 1. The van der Waals surface area contributed by atoms with Crippen LogP contribution >= 0.6 is 0 Å². The van der Waals surface area contributed by atoms with Crippen molar-refractivity contribution >= 4 is 5.78 Å². The van der Waals surface area contributed by atoms with Gasteiger partial charge in [-0.05, 0) is 56.1 Å². The SMILES string of the molecule is CCC(CN1CCCC1)C(=O)c1ccc2c(c1)CCO2. The van der Waals surface area contributed by atoms with Crippen LogP contribution in [0.15, 0.2) is 18.2 Å². The van der Waals surface area contributed by atoms with E-state index in [1.165, 1.54) is 18.4 Å². The van der Waals surface area contributed by atoms with E-state index in [9.17, 15) is 4.79 Å². The van der Waals surface area contributed by atoms with Gasteiger partial charge in [0.25, 0.3) is 0 Å². The van der Waals surface area contributed by atoms with Crippen LogP contribution in [0, 0.1) is 5.92 Å².